The molecule has 0 amide bonds. The van der Waals surface area contributed by atoms with Crippen molar-refractivity contribution in [2.75, 3.05) is 0 Å². The molecule has 0 atom stereocenters. The lowest BCUT2D eigenvalue weighted by Gasteiger charge is -1.91. The first kappa shape index (κ1) is 16.0. The van der Waals surface area contributed by atoms with Gasteiger partial charge in [-0.15, -0.1) is 0 Å². The smallest absolute Gasteiger partial charge is 0.307 e. The van der Waals surface area contributed by atoms with Crippen LogP contribution in [-0.2, 0) is 0 Å². The van der Waals surface area contributed by atoms with Gasteiger partial charge >= 0.3 is 4.87 Å². The van der Waals surface area contributed by atoms with Gasteiger partial charge in [0, 0.05) is 11.4 Å². The van der Waals surface area contributed by atoms with Crippen LogP contribution in [0.25, 0.3) is 11.9 Å². The van der Waals surface area contributed by atoms with Crippen molar-refractivity contribution in [2.45, 2.75) is 0 Å². The maximum Gasteiger partial charge on any atom is 0.307 e. The number of aromatic hydroxyl groups is 1. The second-order valence-corrected chi connectivity index (χ2v) is 6.97. The molecule has 0 aliphatic carbocycles. The molecule has 2 N–H and O–H groups in total. The summed E-state index contributed by atoms with van der Waals surface area (Å²) in [5.41, 5.74) is 0. The van der Waals surface area contributed by atoms with Gasteiger partial charge in [0.15, 0.2) is 5.82 Å². The molecule has 0 radical (unpaired) electrons. The highest BCUT2D eigenvalue weighted by atomic mass is 35.5. The highest BCUT2D eigenvalue weighted by Crippen LogP contribution is 2.17. The molecule has 0 unspecified atom stereocenters. The quantitative estimate of drug-likeness (QED) is 0.640. The van der Waals surface area contributed by atoms with Crippen molar-refractivity contribution in [1.82, 2.24) is 9.97 Å². The second-order valence-electron chi connectivity index (χ2n) is 5.15. The topological polar surface area (TPSA) is 90.7 Å². The molecule has 1 aliphatic heterocycles. The molecule has 0 spiro atoms. The summed E-state index contributed by atoms with van der Waals surface area (Å²) in [6.45, 7) is 0. The number of hydrogen-bond donors (Lipinski definition) is 2. The summed E-state index contributed by atoms with van der Waals surface area (Å²) < 4.78 is 0. The van der Waals surface area contributed by atoms with Gasteiger partial charge in [0.05, 0.1) is 31.0 Å². The highest BCUT2D eigenvalue weighted by molar-refractivity contribution is 7.10. The van der Waals surface area contributed by atoms with Crippen LogP contribution in [-0.4, -0.2) is 15.1 Å². The van der Waals surface area contributed by atoms with E-state index in [4.69, 9.17) is 23.2 Å². The summed E-state index contributed by atoms with van der Waals surface area (Å²) in [7, 11) is 0. The van der Waals surface area contributed by atoms with Crippen molar-refractivity contribution in [3.63, 3.8) is 0 Å². The number of aromatic amines is 1. The van der Waals surface area contributed by atoms with Gasteiger partial charge in [-0.25, -0.2) is 9.98 Å². The Morgan fingerprint density at radius 2 is 1.80 bits per heavy atom. The highest BCUT2D eigenvalue weighted by Gasteiger charge is 2.07. The van der Waals surface area contributed by atoms with E-state index in [9.17, 15) is 9.90 Å². The van der Waals surface area contributed by atoms with Crippen LogP contribution < -0.4 is 26.2 Å². The average Bonchev–Trinajstić information content (AvgIpc) is 3.11. The van der Waals surface area contributed by atoms with Crippen molar-refractivity contribution in [2.24, 2.45) is 9.98 Å². The van der Waals surface area contributed by atoms with Crippen molar-refractivity contribution in [3.8, 4) is 5.88 Å². The van der Waals surface area contributed by atoms with Gasteiger partial charge < -0.3 is 5.11 Å². The third kappa shape index (κ3) is 3.09. The third-order valence-electron chi connectivity index (χ3n) is 3.45. The summed E-state index contributed by atoms with van der Waals surface area (Å²) in [5, 5.41) is 13.1. The van der Waals surface area contributed by atoms with Crippen LogP contribution in [0.4, 0.5) is 0 Å². The number of hydrogen-bond acceptors (Lipinski definition) is 6. The zero-order valence-electron chi connectivity index (χ0n) is 12.3. The molecule has 2 aromatic heterocycles. The van der Waals surface area contributed by atoms with Crippen LogP contribution in [0.15, 0.2) is 45.2 Å². The van der Waals surface area contributed by atoms with E-state index in [2.05, 4.69) is 20.0 Å². The van der Waals surface area contributed by atoms with Gasteiger partial charge in [-0.3, -0.25) is 14.8 Å². The molecule has 6 nitrogen and oxygen atoms in total. The molecule has 25 heavy (non-hydrogen) atoms. The molecule has 1 aliphatic rings. The standard InChI is InChI=1S/C16H8Cl2N4O2S/c17-9-4-11-12(5-10(9)18)21-14(20-11)7-1-2-8(19-6-7)3-13-15(23)22-16(24)25-13/h1-6,23H,(H,22,24)/b8-3-. The van der Waals surface area contributed by atoms with E-state index < -0.39 is 0 Å². The van der Waals surface area contributed by atoms with Gasteiger partial charge in [0.1, 0.15) is 0 Å². The lowest BCUT2D eigenvalue weighted by Crippen LogP contribution is -2.20. The SMILES string of the molecule is O=c1[nH]c(O)c(/C=c2/ccc(=C3N=c4cc(Cl)c(Cl)cc4=N3)cn2)s1. The van der Waals surface area contributed by atoms with Crippen molar-refractivity contribution >= 4 is 46.4 Å². The first-order valence-electron chi connectivity index (χ1n) is 7.02. The van der Waals surface area contributed by atoms with E-state index in [1.54, 1.807) is 30.5 Å². The van der Waals surface area contributed by atoms with Crippen LogP contribution in [0.5, 0.6) is 5.88 Å². The summed E-state index contributed by atoms with van der Waals surface area (Å²) in [5.74, 6) is 0.349. The van der Waals surface area contributed by atoms with E-state index in [1.165, 1.54) is 0 Å². The van der Waals surface area contributed by atoms with Gasteiger partial charge in [-0.2, -0.15) is 0 Å². The number of benzene rings is 1. The number of fused-ring (bicyclic) bond motifs is 1. The normalized spacial score (nSPS) is 13.5. The maximum absolute atomic E-state index is 11.2. The molecule has 124 valence electrons. The van der Waals surface area contributed by atoms with Crippen molar-refractivity contribution < 1.29 is 5.11 Å². The van der Waals surface area contributed by atoms with E-state index in [0.717, 1.165) is 16.6 Å². The Labute approximate surface area is 153 Å². The van der Waals surface area contributed by atoms with Crippen LogP contribution >= 0.6 is 34.5 Å². The molecular weight excluding hydrogens is 383 g/mol. The molecule has 3 heterocycles. The number of thiazole rings is 1. The molecule has 4 rings (SSSR count). The summed E-state index contributed by atoms with van der Waals surface area (Å²) in [4.78, 5) is 26.8. The van der Waals surface area contributed by atoms with Crippen molar-refractivity contribution in [3.05, 3.63) is 76.3 Å². The fourth-order valence-corrected chi connectivity index (χ4v) is 3.26. The van der Waals surface area contributed by atoms with E-state index in [0.29, 0.717) is 36.8 Å². The van der Waals surface area contributed by atoms with Crippen LogP contribution in [0, 0.1) is 0 Å². The van der Waals surface area contributed by atoms with E-state index >= 15 is 0 Å². The molecule has 9 heteroatoms. The minimum atomic E-state index is -0.324. The molecule has 0 saturated heterocycles. The maximum atomic E-state index is 11.2. The Morgan fingerprint density at radius 3 is 2.32 bits per heavy atom. The van der Waals surface area contributed by atoms with Gasteiger partial charge in [-0.1, -0.05) is 34.5 Å². The minimum Gasteiger partial charge on any atom is -0.493 e. The Morgan fingerprint density at radius 1 is 1.12 bits per heavy atom. The van der Waals surface area contributed by atoms with E-state index in [1.807, 2.05) is 6.07 Å². The lowest BCUT2D eigenvalue weighted by atomic mass is 10.3. The number of nitrogens with zero attached hydrogens (tertiary/aromatic N) is 3. The Bertz CT molecular complexity index is 1240. The molecule has 0 fully saturated rings. The van der Waals surface area contributed by atoms with Crippen molar-refractivity contribution in [1.29, 1.82) is 0 Å². The minimum absolute atomic E-state index is 0.166. The van der Waals surface area contributed by atoms with Gasteiger partial charge in [-0.05, 0) is 30.3 Å². The lowest BCUT2D eigenvalue weighted by molar-refractivity contribution is 0.455. The van der Waals surface area contributed by atoms with Gasteiger partial charge in [0.25, 0.3) is 0 Å². The number of pyridine rings is 1. The monoisotopic (exact) mass is 390 g/mol. The molecule has 0 saturated carbocycles. The number of aromatic nitrogens is 2. The number of H-pyrrole nitrogens is 1. The fourth-order valence-electron chi connectivity index (χ4n) is 2.27. The van der Waals surface area contributed by atoms with Crippen LogP contribution in [0.2, 0.25) is 10.0 Å². The number of rotatable bonds is 1. The Balaban J connectivity index is 1.81. The van der Waals surface area contributed by atoms with E-state index in [-0.39, 0.29) is 10.8 Å². The first-order valence-corrected chi connectivity index (χ1v) is 8.59. The van der Waals surface area contributed by atoms with Gasteiger partial charge in [0.2, 0.25) is 5.88 Å². The number of halogens is 2. The Hall–Kier alpha value is -2.48. The third-order valence-corrected chi connectivity index (χ3v) is 4.99. The largest absolute Gasteiger partial charge is 0.493 e. The second kappa shape index (κ2) is 6.11. The zero-order chi connectivity index (χ0) is 17.6. The number of nitrogens with one attached hydrogen (secondary N) is 1. The zero-order valence-corrected chi connectivity index (χ0v) is 14.7. The summed E-state index contributed by atoms with van der Waals surface area (Å²) in [6, 6.07) is 6.90. The molecular formula is C16H8Cl2N4O2S. The predicted molar refractivity (Wildman–Crippen MR) is 95.8 cm³/mol. The Kier molecular flexibility index (Phi) is 3.91. The first-order chi connectivity index (χ1) is 12.0. The fraction of sp³-hybridized carbons (Fsp3) is 0. The predicted octanol–water partition coefficient (Wildman–Crippen LogP) is 0.691. The summed E-state index contributed by atoms with van der Waals surface area (Å²) >= 11 is 12.9. The molecule has 1 aromatic carbocycles. The van der Waals surface area contributed by atoms with Crippen LogP contribution in [0.3, 0.4) is 0 Å². The molecule has 0 bridgehead atoms. The van der Waals surface area contributed by atoms with Crippen LogP contribution in [0.1, 0.15) is 4.88 Å². The summed E-state index contributed by atoms with van der Waals surface area (Å²) in [6.07, 6.45) is 3.24. The molecule has 3 aromatic rings. The average molecular weight is 391 g/mol.